The van der Waals surface area contributed by atoms with Crippen molar-refractivity contribution in [3.05, 3.63) is 63.9 Å². The number of ketones is 1. The quantitative estimate of drug-likeness (QED) is 0.692. The summed E-state index contributed by atoms with van der Waals surface area (Å²) in [7, 11) is 0. The van der Waals surface area contributed by atoms with E-state index in [1.807, 2.05) is 6.92 Å². The lowest BCUT2D eigenvalue weighted by atomic mass is 10.1. The van der Waals surface area contributed by atoms with Gasteiger partial charge in [0, 0.05) is 12.4 Å². The topological polar surface area (TPSA) is 50.2 Å². The van der Waals surface area contributed by atoms with Crippen molar-refractivity contribution in [1.82, 2.24) is 4.98 Å². The van der Waals surface area contributed by atoms with Gasteiger partial charge in [-0.15, -0.1) is 0 Å². The molecule has 0 aliphatic carbocycles. The van der Waals surface area contributed by atoms with Crippen molar-refractivity contribution < 1.29 is 9.90 Å². The Morgan fingerprint density at radius 1 is 1.32 bits per heavy atom. The Hall–Kier alpha value is -1.94. The molecule has 0 spiro atoms. The first-order valence-corrected chi connectivity index (χ1v) is 6.49. The van der Waals surface area contributed by atoms with Crippen LogP contribution in [0.15, 0.2) is 47.2 Å². The molecule has 96 valence electrons. The van der Waals surface area contributed by atoms with Gasteiger partial charge in [0.2, 0.25) is 0 Å². The van der Waals surface area contributed by atoms with Crippen LogP contribution in [-0.2, 0) is 0 Å². The van der Waals surface area contributed by atoms with E-state index in [2.05, 4.69) is 20.9 Å². The number of allylic oxidation sites excluding steroid dienone is 1. The molecule has 0 unspecified atom stereocenters. The zero-order valence-electron chi connectivity index (χ0n) is 10.3. The van der Waals surface area contributed by atoms with Gasteiger partial charge in [0.25, 0.3) is 0 Å². The fraction of sp³-hybridized carbons (Fsp3) is 0.0667. The van der Waals surface area contributed by atoms with Crippen LogP contribution < -0.4 is 0 Å². The molecule has 1 aromatic carbocycles. The minimum absolute atomic E-state index is 0.0324. The average Bonchev–Trinajstić information content (AvgIpc) is 2.41. The molecular weight excluding hydrogens is 306 g/mol. The van der Waals surface area contributed by atoms with Gasteiger partial charge in [-0.05, 0) is 64.3 Å². The van der Waals surface area contributed by atoms with Crippen LogP contribution in [0.25, 0.3) is 6.08 Å². The van der Waals surface area contributed by atoms with Gasteiger partial charge in [0.15, 0.2) is 5.78 Å². The predicted molar refractivity (Wildman–Crippen MR) is 78.1 cm³/mol. The molecule has 19 heavy (non-hydrogen) atoms. The molecular formula is C15H12BrNO2. The van der Waals surface area contributed by atoms with E-state index in [0.29, 0.717) is 4.47 Å². The molecule has 0 bridgehead atoms. The molecule has 0 saturated heterocycles. The molecule has 0 fully saturated rings. The van der Waals surface area contributed by atoms with Crippen molar-refractivity contribution >= 4 is 27.8 Å². The van der Waals surface area contributed by atoms with Crippen molar-refractivity contribution in [1.29, 1.82) is 0 Å². The molecule has 0 aliphatic heterocycles. The number of phenolic OH excluding ortho intramolecular Hbond substituents is 1. The van der Waals surface area contributed by atoms with Gasteiger partial charge in [-0.3, -0.25) is 9.78 Å². The maximum Gasteiger partial charge on any atom is 0.189 e. The van der Waals surface area contributed by atoms with Crippen LogP contribution in [0.4, 0.5) is 0 Å². The molecule has 0 radical (unpaired) electrons. The first-order chi connectivity index (χ1) is 9.08. The van der Waals surface area contributed by atoms with Crippen molar-refractivity contribution in [2.75, 3.05) is 0 Å². The summed E-state index contributed by atoms with van der Waals surface area (Å²) in [5.74, 6) is -0.270. The SMILES string of the molecule is Cc1cc(Br)c(O)c(C(=O)C=Cc2ccncc2)c1. The Labute approximate surface area is 119 Å². The molecule has 0 saturated carbocycles. The highest BCUT2D eigenvalue weighted by atomic mass is 79.9. The van der Waals surface area contributed by atoms with E-state index in [1.54, 1.807) is 42.7 Å². The van der Waals surface area contributed by atoms with E-state index in [4.69, 9.17) is 0 Å². The van der Waals surface area contributed by atoms with Gasteiger partial charge in [-0.25, -0.2) is 0 Å². The number of aryl methyl sites for hydroxylation is 1. The Balaban J connectivity index is 2.28. The molecule has 2 aromatic rings. The Bertz CT molecular complexity index is 636. The van der Waals surface area contributed by atoms with E-state index in [0.717, 1.165) is 11.1 Å². The summed E-state index contributed by atoms with van der Waals surface area (Å²) in [6.07, 6.45) is 6.45. The number of carbonyl (C=O) groups excluding carboxylic acids is 1. The standard InChI is InChI=1S/C15H12BrNO2/c1-10-8-12(15(19)13(16)9-10)14(18)3-2-11-4-6-17-7-5-11/h2-9,19H,1H3. The molecule has 0 aliphatic rings. The van der Waals surface area contributed by atoms with Gasteiger partial charge < -0.3 is 5.11 Å². The summed E-state index contributed by atoms with van der Waals surface area (Å²) in [6.45, 7) is 1.87. The van der Waals surface area contributed by atoms with Crippen molar-refractivity contribution in [2.24, 2.45) is 0 Å². The summed E-state index contributed by atoms with van der Waals surface area (Å²) in [5.41, 5.74) is 2.08. The molecule has 4 heteroatoms. The first kappa shape index (κ1) is 13.5. The summed E-state index contributed by atoms with van der Waals surface area (Å²) in [5, 5.41) is 9.88. The minimum atomic E-state index is -0.237. The molecule has 3 nitrogen and oxygen atoms in total. The van der Waals surface area contributed by atoms with Crippen LogP contribution in [0, 0.1) is 6.92 Å². The maximum absolute atomic E-state index is 12.1. The van der Waals surface area contributed by atoms with Gasteiger partial charge in [0.1, 0.15) is 5.75 Å². The monoisotopic (exact) mass is 317 g/mol. The van der Waals surface area contributed by atoms with Crippen molar-refractivity contribution in [3.8, 4) is 5.75 Å². The van der Waals surface area contributed by atoms with E-state index < -0.39 is 0 Å². The van der Waals surface area contributed by atoms with E-state index in [1.165, 1.54) is 6.08 Å². The summed E-state index contributed by atoms with van der Waals surface area (Å²) >= 11 is 3.23. The number of aromatic nitrogens is 1. The van der Waals surface area contributed by atoms with Gasteiger partial charge in [-0.1, -0.05) is 6.08 Å². The van der Waals surface area contributed by atoms with Crippen LogP contribution in [0.2, 0.25) is 0 Å². The van der Waals surface area contributed by atoms with Crippen LogP contribution >= 0.6 is 15.9 Å². The largest absolute Gasteiger partial charge is 0.506 e. The number of aromatic hydroxyl groups is 1. The van der Waals surface area contributed by atoms with E-state index >= 15 is 0 Å². The summed E-state index contributed by atoms with van der Waals surface area (Å²) in [6, 6.07) is 7.03. The van der Waals surface area contributed by atoms with Crippen LogP contribution in [0.3, 0.4) is 0 Å². The fourth-order valence-corrected chi connectivity index (χ4v) is 2.23. The third-order valence-corrected chi connectivity index (χ3v) is 3.21. The summed E-state index contributed by atoms with van der Waals surface area (Å²) < 4.78 is 0.521. The number of halogens is 1. The minimum Gasteiger partial charge on any atom is -0.506 e. The molecule has 0 atom stereocenters. The summed E-state index contributed by atoms with van der Waals surface area (Å²) in [4.78, 5) is 16.0. The number of hydrogen-bond donors (Lipinski definition) is 1. The van der Waals surface area contributed by atoms with Crippen molar-refractivity contribution in [3.63, 3.8) is 0 Å². The Morgan fingerprint density at radius 2 is 2.00 bits per heavy atom. The van der Waals surface area contributed by atoms with Crippen LogP contribution in [0.1, 0.15) is 21.5 Å². The third-order valence-electron chi connectivity index (χ3n) is 2.61. The van der Waals surface area contributed by atoms with Crippen LogP contribution in [0.5, 0.6) is 5.75 Å². The second-order valence-electron chi connectivity index (χ2n) is 4.12. The normalized spacial score (nSPS) is 10.8. The van der Waals surface area contributed by atoms with E-state index in [9.17, 15) is 9.90 Å². The molecule has 2 rings (SSSR count). The van der Waals surface area contributed by atoms with Gasteiger partial charge in [-0.2, -0.15) is 0 Å². The number of nitrogens with zero attached hydrogens (tertiary/aromatic N) is 1. The van der Waals surface area contributed by atoms with Crippen LogP contribution in [-0.4, -0.2) is 15.9 Å². The number of hydrogen-bond acceptors (Lipinski definition) is 3. The zero-order valence-corrected chi connectivity index (χ0v) is 11.9. The number of benzene rings is 1. The Morgan fingerprint density at radius 3 is 2.68 bits per heavy atom. The highest BCUT2D eigenvalue weighted by Gasteiger charge is 2.11. The number of carbonyl (C=O) groups is 1. The maximum atomic E-state index is 12.1. The molecule has 1 aromatic heterocycles. The Kier molecular flexibility index (Phi) is 4.12. The average molecular weight is 318 g/mol. The lowest BCUT2D eigenvalue weighted by molar-refractivity contribution is 0.104. The highest BCUT2D eigenvalue weighted by Crippen LogP contribution is 2.29. The number of pyridine rings is 1. The second kappa shape index (κ2) is 5.80. The lowest BCUT2D eigenvalue weighted by Crippen LogP contribution is -1.96. The zero-order chi connectivity index (χ0) is 13.8. The highest BCUT2D eigenvalue weighted by molar-refractivity contribution is 9.10. The van der Waals surface area contributed by atoms with Gasteiger partial charge >= 0.3 is 0 Å². The molecule has 1 N–H and O–H groups in total. The predicted octanol–water partition coefficient (Wildman–Crippen LogP) is 3.75. The third kappa shape index (κ3) is 3.29. The molecule has 0 amide bonds. The van der Waals surface area contributed by atoms with E-state index in [-0.39, 0.29) is 17.1 Å². The smallest absolute Gasteiger partial charge is 0.189 e. The fourth-order valence-electron chi connectivity index (χ4n) is 1.66. The van der Waals surface area contributed by atoms with Crippen molar-refractivity contribution in [2.45, 2.75) is 6.92 Å². The lowest BCUT2D eigenvalue weighted by Gasteiger charge is -2.04. The molecule has 1 heterocycles. The number of rotatable bonds is 3. The number of phenols is 1. The first-order valence-electron chi connectivity index (χ1n) is 5.69. The van der Waals surface area contributed by atoms with Gasteiger partial charge in [0.05, 0.1) is 10.0 Å². The second-order valence-corrected chi connectivity index (χ2v) is 4.98.